The van der Waals surface area contributed by atoms with Crippen LogP contribution in [0.5, 0.6) is 0 Å². The van der Waals surface area contributed by atoms with E-state index in [2.05, 4.69) is 48.1 Å². The number of hydrogen-bond acceptors (Lipinski definition) is 5. The summed E-state index contributed by atoms with van der Waals surface area (Å²) in [5.74, 6) is 0.840. The first-order valence-corrected chi connectivity index (χ1v) is 9.61. The van der Waals surface area contributed by atoms with Gasteiger partial charge in [0.05, 0.1) is 5.69 Å². The van der Waals surface area contributed by atoms with Crippen LogP contribution in [0, 0.1) is 13.8 Å². The second kappa shape index (κ2) is 7.83. The highest BCUT2D eigenvalue weighted by molar-refractivity contribution is 5.60. The van der Waals surface area contributed by atoms with Crippen molar-refractivity contribution in [1.82, 2.24) is 19.9 Å². The van der Waals surface area contributed by atoms with Gasteiger partial charge in [-0.05, 0) is 49.1 Å². The number of aromatic nitrogens is 4. The number of hydrogen-bond donors (Lipinski definition) is 0. The van der Waals surface area contributed by atoms with Gasteiger partial charge in [-0.1, -0.05) is 48.5 Å². The second-order valence-electron chi connectivity index (χ2n) is 7.08. The summed E-state index contributed by atoms with van der Waals surface area (Å²) in [5, 5.41) is 8.53. The van der Waals surface area contributed by atoms with Crippen molar-refractivity contribution >= 4 is 0 Å². The Bertz CT molecular complexity index is 1210. The quantitative estimate of drug-likeness (QED) is 0.514. The van der Waals surface area contributed by atoms with Crippen LogP contribution in [0.25, 0.3) is 22.6 Å². The van der Waals surface area contributed by atoms with Crippen molar-refractivity contribution < 1.29 is 4.52 Å². The standard InChI is InChI=1S/C23H22N4O2/c1-4-17-6-9-18(10-7-17)23-24-21(29-26-23)14-27-22(28)12-11-20(25-27)19-8-5-15(2)16(3)13-19/h5-13H,4,14H2,1-3H3. The molecule has 146 valence electrons. The van der Waals surface area contributed by atoms with Crippen LogP contribution in [0.2, 0.25) is 0 Å². The first-order chi connectivity index (χ1) is 14.0. The molecule has 4 aromatic rings. The molecule has 0 N–H and O–H groups in total. The monoisotopic (exact) mass is 386 g/mol. The molecule has 0 saturated carbocycles. The number of nitrogens with zero attached hydrogens (tertiary/aromatic N) is 4. The number of rotatable bonds is 5. The minimum atomic E-state index is -0.218. The van der Waals surface area contributed by atoms with Crippen molar-refractivity contribution in [3.05, 3.63) is 87.5 Å². The smallest absolute Gasteiger partial charge is 0.267 e. The maximum atomic E-state index is 12.3. The predicted molar refractivity (Wildman–Crippen MR) is 112 cm³/mol. The van der Waals surface area contributed by atoms with E-state index in [0.717, 1.165) is 23.2 Å². The van der Waals surface area contributed by atoms with E-state index in [9.17, 15) is 4.79 Å². The van der Waals surface area contributed by atoms with E-state index in [-0.39, 0.29) is 12.1 Å². The molecule has 0 spiro atoms. The number of aryl methyl sites for hydroxylation is 3. The summed E-state index contributed by atoms with van der Waals surface area (Å²) in [7, 11) is 0. The lowest BCUT2D eigenvalue weighted by atomic mass is 10.0. The van der Waals surface area contributed by atoms with E-state index >= 15 is 0 Å². The Morgan fingerprint density at radius 1 is 0.931 bits per heavy atom. The van der Waals surface area contributed by atoms with Crippen molar-refractivity contribution in [3.8, 4) is 22.6 Å². The highest BCUT2D eigenvalue weighted by Crippen LogP contribution is 2.20. The molecule has 2 aromatic heterocycles. The molecule has 0 unspecified atom stereocenters. The van der Waals surface area contributed by atoms with Gasteiger partial charge >= 0.3 is 0 Å². The van der Waals surface area contributed by atoms with Crippen LogP contribution >= 0.6 is 0 Å². The molecule has 6 nitrogen and oxygen atoms in total. The maximum absolute atomic E-state index is 12.3. The fourth-order valence-electron chi connectivity index (χ4n) is 3.07. The molecular weight excluding hydrogens is 364 g/mol. The van der Waals surface area contributed by atoms with E-state index < -0.39 is 0 Å². The molecule has 0 saturated heterocycles. The second-order valence-corrected chi connectivity index (χ2v) is 7.08. The van der Waals surface area contributed by atoms with Crippen LogP contribution < -0.4 is 5.56 Å². The fraction of sp³-hybridized carbons (Fsp3) is 0.217. The zero-order valence-corrected chi connectivity index (χ0v) is 16.7. The molecule has 0 aliphatic rings. The third kappa shape index (κ3) is 4.01. The van der Waals surface area contributed by atoms with Crippen LogP contribution in [-0.2, 0) is 13.0 Å². The van der Waals surface area contributed by atoms with Crippen molar-refractivity contribution in [2.45, 2.75) is 33.7 Å². The van der Waals surface area contributed by atoms with Crippen molar-refractivity contribution in [2.75, 3.05) is 0 Å². The van der Waals surface area contributed by atoms with Crippen LogP contribution in [0.3, 0.4) is 0 Å². The summed E-state index contributed by atoms with van der Waals surface area (Å²) in [6.07, 6.45) is 0.975. The van der Waals surface area contributed by atoms with Gasteiger partial charge in [0, 0.05) is 17.2 Å². The van der Waals surface area contributed by atoms with E-state index in [1.54, 1.807) is 6.07 Å². The fourth-order valence-corrected chi connectivity index (χ4v) is 3.07. The Hall–Kier alpha value is -3.54. The van der Waals surface area contributed by atoms with Gasteiger partial charge in [0.25, 0.3) is 5.56 Å². The Labute approximate surface area is 168 Å². The van der Waals surface area contributed by atoms with Gasteiger partial charge in [-0.2, -0.15) is 10.1 Å². The minimum Gasteiger partial charge on any atom is -0.337 e. The van der Waals surface area contributed by atoms with E-state index in [1.165, 1.54) is 27.4 Å². The number of benzene rings is 2. The third-order valence-electron chi connectivity index (χ3n) is 5.04. The molecule has 0 aliphatic carbocycles. The van der Waals surface area contributed by atoms with Crippen LogP contribution in [0.1, 0.15) is 29.5 Å². The Morgan fingerprint density at radius 3 is 2.41 bits per heavy atom. The van der Waals surface area contributed by atoms with E-state index in [4.69, 9.17) is 4.52 Å². The molecular formula is C23H22N4O2. The Balaban J connectivity index is 1.60. The van der Waals surface area contributed by atoms with Crippen molar-refractivity contribution in [3.63, 3.8) is 0 Å². The maximum Gasteiger partial charge on any atom is 0.267 e. The Kier molecular flexibility index (Phi) is 5.08. The molecule has 6 heteroatoms. The highest BCUT2D eigenvalue weighted by atomic mass is 16.5. The van der Waals surface area contributed by atoms with Gasteiger partial charge in [-0.25, -0.2) is 4.68 Å². The molecule has 29 heavy (non-hydrogen) atoms. The molecule has 0 atom stereocenters. The summed E-state index contributed by atoms with van der Waals surface area (Å²) >= 11 is 0. The zero-order chi connectivity index (χ0) is 20.4. The first kappa shape index (κ1) is 18.8. The summed E-state index contributed by atoms with van der Waals surface area (Å²) in [6.45, 7) is 6.36. The van der Waals surface area contributed by atoms with Gasteiger partial charge < -0.3 is 4.52 Å². The molecule has 2 aromatic carbocycles. The normalized spacial score (nSPS) is 11.0. The van der Waals surface area contributed by atoms with Gasteiger partial charge in [0.15, 0.2) is 0 Å². The van der Waals surface area contributed by atoms with Crippen molar-refractivity contribution in [1.29, 1.82) is 0 Å². The average Bonchev–Trinajstić information content (AvgIpc) is 3.20. The van der Waals surface area contributed by atoms with Gasteiger partial charge in [0.1, 0.15) is 6.54 Å². The summed E-state index contributed by atoms with van der Waals surface area (Å²) in [5.41, 5.74) is 5.99. The molecule has 0 fully saturated rings. The van der Waals surface area contributed by atoms with Gasteiger partial charge in [0.2, 0.25) is 11.7 Å². The van der Waals surface area contributed by atoms with Crippen molar-refractivity contribution in [2.24, 2.45) is 0 Å². The van der Waals surface area contributed by atoms with Crippen LogP contribution in [-0.4, -0.2) is 19.9 Å². The molecule has 0 aliphatic heterocycles. The van der Waals surface area contributed by atoms with Crippen LogP contribution in [0.4, 0.5) is 0 Å². The lowest BCUT2D eigenvalue weighted by molar-refractivity contribution is 0.363. The highest BCUT2D eigenvalue weighted by Gasteiger charge is 2.12. The van der Waals surface area contributed by atoms with E-state index in [0.29, 0.717) is 11.7 Å². The summed E-state index contributed by atoms with van der Waals surface area (Å²) in [4.78, 5) is 16.7. The predicted octanol–water partition coefficient (Wildman–Crippen LogP) is 4.19. The molecule has 4 rings (SSSR count). The SMILES string of the molecule is CCc1ccc(-c2noc(Cn3nc(-c4ccc(C)c(C)c4)ccc3=O)n2)cc1. The largest absolute Gasteiger partial charge is 0.337 e. The lowest BCUT2D eigenvalue weighted by Gasteiger charge is -2.07. The zero-order valence-electron chi connectivity index (χ0n) is 16.7. The Morgan fingerprint density at radius 2 is 1.69 bits per heavy atom. The van der Waals surface area contributed by atoms with Crippen LogP contribution in [0.15, 0.2) is 63.9 Å². The molecule has 2 heterocycles. The molecule has 0 amide bonds. The van der Waals surface area contributed by atoms with E-state index in [1.807, 2.05) is 30.3 Å². The van der Waals surface area contributed by atoms with Gasteiger partial charge in [-0.3, -0.25) is 4.79 Å². The molecule has 0 bridgehead atoms. The van der Waals surface area contributed by atoms with Gasteiger partial charge in [-0.15, -0.1) is 0 Å². The first-order valence-electron chi connectivity index (χ1n) is 9.61. The topological polar surface area (TPSA) is 73.8 Å². The third-order valence-corrected chi connectivity index (χ3v) is 5.04. The summed E-state index contributed by atoms with van der Waals surface area (Å²) < 4.78 is 6.70. The summed E-state index contributed by atoms with van der Waals surface area (Å²) in [6, 6.07) is 17.4. The molecule has 0 radical (unpaired) electrons. The lowest BCUT2D eigenvalue weighted by Crippen LogP contribution is -2.23. The average molecular weight is 386 g/mol. The minimum absolute atomic E-state index is 0.123.